The molecule has 0 atom stereocenters. The number of methoxy groups -OCH3 is 4. The lowest BCUT2D eigenvalue weighted by molar-refractivity contribution is -0.116. The average Bonchev–Trinajstić information content (AvgIpc) is 2.88. The number of amides is 1. The Bertz CT molecular complexity index is 1180. The fourth-order valence-corrected chi connectivity index (χ4v) is 5.35. The molecule has 0 spiro atoms. The van der Waals surface area contributed by atoms with Crippen LogP contribution in [0.4, 0.5) is 0 Å². The first-order chi connectivity index (χ1) is 16.8. The molecule has 1 aliphatic rings. The van der Waals surface area contributed by atoms with Crippen LogP contribution >= 0.6 is 0 Å². The third-order valence-corrected chi connectivity index (χ3v) is 7.69. The van der Waals surface area contributed by atoms with Crippen LogP contribution in [0.5, 0.6) is 23.0 Å². The first-order valence-electron chi connectivity index (χ1n) is 11.2. The fourth-order valence-electron chi connectivity index (χ4n) is 3.88. The van der Waals surface area contributed by atoms with Gasteiger partial charge < -0.3 is 24.3 Å². The summed E-state index contributed by atoms with van der Waals surface area (Å²) in [6, 6.07) is 9.06. The largest absolute Gasteiger partial charge is 0.493 e. The van der Waals surface area contributed by atoms with E-state index in [1.807, 2.05) is 12.1 Å². The van der Waals surface area contributed by atoms with E-state index in [0.717, 1.165) is 16.7 Å². The van der Waals surface area contributed by atoms with Gasteiger partial charge in [-0.3, -0.25) is 4.79 Å². The lowest BCUT2D eigenvalue weighted by Crippen LogP contribution is -2.38. The van der Waals surface area contributed by atoms with Crippen molar-refractivity contribution in [2.75, 3.05) is 47.3 Å². The molecule has 35 heavy (non-hydrogen) atoms. The van der Waals surface area contributed by atoms with E-state index < -0.39 is 10.0 Å². The van der Waals surface area contributed by atoms with E-state index >= 15 is 0 Å². The summed E-state index contributed by atoms with van der Waals surface area (Å²) in [6.07, 6.45) is 3.97. The molecule has 1 aliphatic heterocycles. The predicted molar refractivity (Wildman–Crippen MR) is 134 cm³/mol. The van der Waals surface area contributed by atoms with E-state index in [1.165, 1.54) is 10.4 Å². The maximum Gasteiger partial charge on any atom is 0.243 e. The van der Waals surface area contributed by atoms with E-state index in [4.69, 9.17) is 18.9 Å². The van der Waals surface area contributed by atoms with Crippen molar-refractivity contribution in [3.05, 3.63) is 53.1 Å². The molecule has 10 heteroatoms. The number of nitrogens with zero attached hydrogens (tertiary/aromatic N) is 1. The van der Waals surface area contributed by atoms with E-state index in [9.17, 15) is 13.2 Å². The van der Waals surface area contributed by atoms with E-state index in [0.29, 0.717) is 48.9 Å². The summed E-state index contributed by atoms with van der Waals surface area (Å²) in [4.78, 5) is 12.1. The number of nitrogens with one attached hydrogen (secondary N) is 1. The van der Waals surface area contributed by atoms with Crippen molar-refractivity contribution in [1.82, 2.24) is 9.62 Å². The molecule has 2 aromatic carbocycles. The van der Waals surface area contributed by atoms with Crippen LogP contribution in [0.2, 0.25) is 0 Å². The summed E-state index contributed by atoms with van der Waals surface area (Å²) in [5.74, 6) is 2.04. The molecule has 1 amide bonds. The molecule has 0 bridgehead atoms. The van der Waals surface area contributed by atoms with Gasteiger partial charge in [-0.2, -0.15) is 4.31 Å². The Labute approximate surface area is 206 Å². The number of sulfonamides is 1. The molecule has 3 rings (SSSR count). The SMILES string of the molecule is COc1ccc(/C=C/C(=O)NCCCS(=O)(=O)N2CCc3cc(OC)c(OC)cc3C2)cc1OC. The zero-order chi connectivity index (χ0) is 25.4. The van der Waals surface area contributed by atoms with E-state index in [2.05, 4.69) is 5.32 Å². The summed E-state index contributed by atoms with van der Waals surface area (Å²) in [5.41, 5.74) is 2.74. The van der Waals surface area contributed by atoms with Crippen LogP contribution in [0.1, 0.15) is 23.1 Å². The second-order valence-corrected chi connectivity index (χ2v) is 10.1. The number of hydrogen-bond acceptors (Lipinski definition) is 7. The molecule has 0 saturated heterocycles. The molecule has 1 heterocycles. The Kier molecular flexibility index (Phi) is 9.00. The third kappa shape index (κ3) is 6.67. The van der Waals surface area contributed by atoms with E-state index in [1.54, 1.807) is 52.7 Å². The molecule has 0 radical (unpaired) electrons. The third-order valence-electron chi connectivity index (χ3n) is 5.79. The summed E-state index contributed by atoms with van der Waals surface area (Å²) in [6.45, 7) is 0.952. The predicted octanol–water partition coefficient (Wildman–Crippen LogP) is 2.63. The minimum absolute atomic E-state index is 0.0463. The lowest BCUT2D eigenvalue weighted by atomic mass is 10.0. The Morgan fingerprint density at radius 1 is 0.943 bits per heavy atom. The number of ether oxygens (including phenoxy) is 4. The van der Waals surface area contributed by atoms with Gasteiger partial charge in [0.15, 0.2) is 23.0 Å². The topological polar surface area (TPSA) is 103 Å². The smallest absolute Gasteiger partial charge is 0.243 e. The van der Waals surface area contributed by atoms with Crippen LogP contribution in [0.25, 0.3) is 6.08 Å². The second kappa shape index (κ2) is 11.9. The molecule has 0 aliphatic carbocycles. The van der Waals surface area contributed by atoms with Crippen LogP contribution < -0.4 is 24.3 Å². The molecule has 0 aromatic heterocycles. The van der Waals surface area contributed by atoms with Gasteiger partial charge >= 0.3 is 0 Å². The highest BCUT2D eigenvalue weighted by atomic mass is 32.2. The first kappa shape index (κ1) is 26.4. The monoisotopic (exact) mass is 504 g/mol. The number of rotatable bonds is 11. The molecular weight excluding hydrogens is 472 g/mol. The molecule has 0 saturated carbocycles. The van der Waals surface area contributed by atoms with Gasteiger partial charge in [0.25, 0.3) is 0 Å². The highest BCUT2D eigenvalue weighted by Crippen LogP contribution is 2.34. The number of carbonyl (C=O) groups is 1. The Hall–Kier alpha value is -3.24. The molecule has 9 nitrogen and oxygen atoms in total. The zero-order valence-corrected chi connectivity index (χ0v) is 21.3. The van der Waals surface area contributed by atoms with Crippen LogP contribution in [0.15, 0.2) is 36.4 Å². The van der Waals surface area contributed by atoms with Crippen LogP contribution in [-0.4, -0.2) is 65.9 Å². The minimum Gasteiger partial charge on any atom is -0.493 e. The van der Waals surface area contributed by atoms with Gasteiger partial charge in [-0.25, -0.2) is 8.42 Å². The van der Waals surface area contributed by atoms with Crippen LogP contribution in [0.3, 0.4) is 0 Å². The van der Waals surface area contributed by atoms with Crippen LogP contribution in [-0.2, 0) is 27.8 Å². The molecule has 2 aromatic rings. The Morgan fingerprint density at radius 2 is 1.57 bits per heavy atom. The molecule has 1 N–H and O–H groups in total. The minimum atomic E-state index is -3.46. The molecule has 0 fully saturated rings. The van der Waals surface area contributed by atoms with Gasteiger partial charge in [-0.1, -0.05) is 6.07 Å². The van der Waals surface area contributed by atoms with E-state index in [-0.39, 0.29) is 18.2 Å². The van der Waals surface area contributed by atoms with Gasteiger partial charge in [0.05, 0.1) is 34.2 Å². The van der Waals surface area contributed by atoms with Crippen molar-refractivity contribution < 1.29 is 32.2 Å². The highest BCUT2D eigenvalue weighted by Gasteiger charge is 2.27. The van der Waals surface area contributed by atoms with Crippen LogP contribution in [0, 0.1) is 0 Å². The summed E-state index contributed by atoms with van der Waals surface area (Å²) in [5, 5.41) is 2.73. The van der Waals surface area contributed by atoms with Gasteiger partial charge in [-0.05, 0) is 59.9 Å². The zero-order valence-electron chi connectivity index (χ0n) is 20.5. The standard InChI is InChI=1S/C25H32N2O7S/c1-31-21-8-6-18(14-22(21)32-2)7-9-25(28)26-11-5-13-35(29,30)27-12-10-19-15-23(33-3)24(34-4)16-20(19)17-27/h6-9,14-16H,5,10-13,17H2,1-4H3,(H,26,28)/b9-7+. The van der Waals surface area contributed by atoms with Gasteiger partial charge in [0, 0.05) is 25.7 Å². The number of hydrogen-bond donors (Lipinski definition) is 1. The number of fused-ring (bicyclic) bond motifs is 1. The summed E-state index contributed by atoms with van der Waals surface area (Å²) >= 11 is 0. The molecule has 0 unspecified atom stereocenters. The first-order valence-corrected chi connectivity index (χ1v) is 12.8. The lowest BCUT2D eigenvalue weighted by Gasteiger charge is -2.29. The maximum absolute atomic E-state index is 12.9. The Balaban J connectivity index is 1.49. The molecule has 190 valence electrons. The van der Waals surface area contributed by atoms with Crippen molar-refractivity contribution in [3.8, 4) is 23.0 Å². The number of benzene rings is 2. The molecular formula is C25H32N2O7S. The van der Waals surface area contributed by atoms with Crippen molar-refractivity contribution in [3.63, 3.8) is 0 Å². The van der Waals surface area contributed by atoms with Crippen molar-refractivity contribution >= 4 is 22.0 Å². The Morgan fingerprint density at radius 3 is 2.23 bits per heavy atom. The highest BCUT2D eigenvalue weighted by molar-refractivity contribution is 7.89. The van der Waals surface area contributed by atoms with Crippen molar-refractivity contribution in [1.29, 1.82) is 0 Å². The number of carbonyl (C=O) groups excluding carboxylic acids is 1. The fraction of sp³-hybridized carbons (Fsp3) is 0.400. The van der Waals surface area contributed by atoms with Crippen molar-refractivity contribution in [2.45, 2.75) is 19.4 Å². The van der Waals surface area contributed by atoms with Gasteiger partial charge in [0.2, 0.25) is 15.9 Å². The van der Waals surface area contributed by atoms with Gasteiger partial charge in [-0.15, -0.1) is 0 Å². The normalized spacial score (nSPS) is 13.8. The summed E-state index contributed by atoms with van der Waals surface area (Å²) < 4.78 is 48.3. The maximum atomic E-state index is 12.9. The average molecular weight is 505 g/mol. The quantitative estimate of drug-likeness (QED) is 0.371. The van der Waals surface area contributed by atoms with Gasteiger partial charge in [0.1, 0.15) is 0 Å². The summed E-state index contributed by atoms with van der Waals surface area (Å²) in [7, 11) is 2.77. The second-order valence-electron chi connectivity index (χ2n) is 7.97. The van der Waals surface area contributed by atoms with Crippen molar-refractivity contribution in [2.24, 2.45) is 0 Å².